The SMILES string of the molecule is NC(N)=NCCCC(N)C(=O)O.O=NO. The molecule has 0 aliphatic carbocycles. The molecule has 0 bridgehead atoms. The number of guanidine groups is 1. The van der Waals surface area contributed by atoms with E-state index in [1.165, 1.54) is 5.34 Å². The molecule has 1 unspecified atom stereocenters. The van der Waals surface area contributed by atoms with Crippen LogP contribution in [-0.2, 0) is 4.79 Å². The van der Waals surface area contributed by atoms with E-state index in [9.17, 15) is 4.79 Å². The average molecular weight is 221 g/mol. The standard InChI is InChI=1S/C6H14N4O2.HNO2/c7-4(5(11)12)2-1-3-10-6(8)9;2-1-3/h4H,1-3,7H2,(H,11,12)(H4,8,9,10);(H,2,3). The summed E-state index contributed by atoms with van der Waals surface area (Å²) in [5, 5.41) is 16.3. The Hall–Kier alpha value is -1.90. The fourth-order valence-corrected chi connectivity index (χ4v) is 0.643. The monoisotopic (exact) mass is 221 g/mol. The van der Waals surface area contributed by atoms with Crippen molar-refractivity contribution < 1.29 is 15.1 Å². The van der Waals surface area contributed by atoms with E-state index < -0.39 is 12.0 Å². The molecule has 88 valence electrons. The smallest absolute Gasteiger partial charge is 0.320 e. The van der Waals surface area contributed by atoms with Gasteiger partial charge in [0.1, 0.15) is 6.04 Å². The molecule has 1 atom stereocenters. The van der Waals surface area contributed by atoms with E-state index in [0.29, 0.717) is 19.4 Å². The van der Waals surface area contributed by atoms with Crippen LogP contribution < -0.4 is 17.2 Å². The van der Waals surface area contributed by atoms with Gasteiger partial charge in [0.15, 0.2) is 11.3 Å². The molecule has 0 spiro atoms. The minimum absolute atomic E-state index is 0.0129. The summed E-state index contributed by atoms with van der Waals surface area (Å²) in [7, 11) is 0. The van der Waals surface area contributed by atoms with Crippen LogP contribution in [0.4, 0.5) is 0 Å². The van der Waals surface area contributed by atoms with Gasteiger partial charge in [0.05, 0.1) is 0 Å². The van der Waals surface area contributed by atoms with Gasteiger partial charge in [-0.25, -0.2) is 0 Å². The van der Waals surface area contributed by atoms with Gasteiger partial charge in [0.25, 0.3) is 0 Å². The highest BCUT2D eigenvalue weighted by Gasteiger charge is 2.09. The van der Waals surface area contributed by atoms with Crippen LogP contribution in [-0.4, -0.2) is 34.8 Å². The Morgan fingerprint density at radius 1 is 1.40 bits per heavy atom. The maximum atomic E-state index is 10.2. The first kappa shape index (κ1) is 15.6. The normalized spacial score (nSPS) is 10.5. The number of carbonyl (C=O) groups is 1. The zero-order chi connectivity index (χ0) is 12.3. The van der Waals surface area contributed by atoms with Gasteiger partial charge in [-0.05, 0) is 12.8 Å². The zero-order valence-corrected chi connectivity index (χ0v) is 8.04. The molecule has 8 N–H and O–H groups in total. The molecule has 0 aliphatic heterocycles. The third-order valence-corrected chi connectivity index (χ3v) is 1.28. The Labute approximate surface area is 85.9 Å². The second-order valence-corrected chi connectivity index (χ2v) is 2.48. The molecule has 15 heavy (non-hydrogen) atoms. The molecule has 0 saturated heterocycles. The van der Waals surface area contributed by atoms with Crippen LogP contribution in [0.5, 0.6) is 0 Å². The number of aliphatic imine (C=N–C) groups is 1. The van der Waals surface area contributed by atoms with Crippen LogP contribution in [0.3, 0.4) is 0 Å². The summed E-state index contributed by atoms with van der Waals surface area (Å²) in [6.45, 7) is 0.420. The van der Waals surface area contributed by atoms with E-state index in [1.54, 1.807) is 0 Å². The first-order valence-electron chi connectivity index (χ1n) is 3.96. The topological polar surface area (TPSA) is 177 Å². The summed E-state index contributed by atoms with van der Waals surface area (Å²) in [5.74, 6) is -0.987. The molecule has 9 heteroatoms. The Balaban J connectivity index is 0. The molecule has 0 fully saturated rings. The molecular weight excluding hydrogens is 206 g/mol. The number of hydrogen-bond acceptors (Lipinski definition) is 5. The summed E-state index contributed by atoms with van der Waals surface area (Å²) in [6, 6.07) is -0.820. The molecule has 0 saturated carbocycles. The van der Waals surface area contributed by atoms with Crippen molar-refractivity contribution in [2.45, 2.75) is 18.9 Å². The molecule has 0 heterocycles. The summed E-state index contributed by atoms with van der Waals surface area (Å²) >= 11 is 0. The van der Waals surface area contributed by atoms with Crippen molar-refractivity contribution in [3.05, 3.63) is 4.91 Å². The third-order valence-electron chi connectivity index (χ3n) is 1.28. The van der Waals surface area contributed by atoms with Gasteiger partial charge in [-0.3, -0.25) is 9.79 Å². The highest BCUT2D eigenvalue weighted by Crippen LogP contribution is 1.94. The maximum absolute atomic E-state index is 10.2. The Morgan fingerprint density at radius 3 is 2.20 bits per heavy atom. The summed E-state index contributed by atoms with van der Waals surface area (Å²) in [5.41, 5.74) is 15.3. The third kappa shape index (κ3) is 14.9. The van der Waals surface area contributed by atoms with Crippen molar-refractivity contribution in [1.82, 2.24) is 0 Å². The predicted molar refractivity (Wildman–Crippen MR) is 53.1 cm³/mol. The highest BCUT2D eigenvalue weighted by atomic mass is 16.6. The quantitative estimate of drug-likeness (QED) is 0.124. The van der Waals surface area contributed by atoms with E-state index in [2.05, 4.69) is 4.99 Å². The van der Waals surface area contributed by atoms with Crippen LogP contribution in [0, 0.1) is 4.91 Å². The van der Waals surface area contributed by atoms with Crippen molar-refractivity contribution in [2.75, 3.05) is 6.54 Å². The van der Waals surface area contributed by atoms with E-state index >= 15 is 0 Å². The molecule has 0 radical (unpaired) electrons. The second kappa shape index (κ2) is 10.2. The molecular formula is C6H15N5O4. The molecule has 0 rings (SSSR count). The first-order chi connectivity index (χ1) is 6.95. The fourth-order valence-electron chi connectivity index (χ4n) is 0.643. The molecule has 0 aromatic rings. The predicted octanol–water partition coefficient (Wildman–Crippen LogP) is -1.41. The largest absolute Gasteiger partial charge is 0.480 e. The van der Waals surface area contributed by atoms with Gasteiger partial charge in [-0.2, -0.15) is 0 Å². The van der Waals surface area contributed by atoms with Crippen LogP contribution in [0.15, 0.2) is 10.3 Å². The summed E-state index contributed by atoms with van der Waals surface area (Å²) in [4.78, 5) is 22.0. The molecule has 0 amide bonds. The molecule has 9 nitrogen and oxygen atoms in total. The number of carboxylic acids is 1. The number of nitrogens with zero attached hydrogens (tertiary/aromatic N) is 2. The minimum atomic E-state index is -1.00. The first-order valence-corrected chi connectivity index (χ1v) is 3.96. The molecule has 0 aliphatic rings. The Bertz CT molecular complexity index is 216. The van der Waals surface area contributed by atoms with Gasteiger partial charge in [0, 0.05) is 6.54 Å². The van der Waals surface area contributed by atoms with Crippen molar-refractivity contribution in [3.63, 3.8) is 0 Å². The van der Waals surface area contributed by atoms with Crippen LogP contribution in [0.2, 0.25) is 0 Å². The van der Waals surface area contributed by atoms with Gasteiger partial charge in [-0.1, -0.05) is 0 Å². The van der Waals surface area contributed by atoms with Crippen LogP contribution >= 0.6 is 0 Å². The lowest BCUT2D eigenvalue weighted by Gasteiger charge is -2.03. The lowest BCUT2D eigenvalue weighted by molar-refractivity contribution is -0.138. The van der Waals surface area contributed by atoms with Crippen molar-refractivity contribution in [1.29, 1.82) is 0 Å². The van der Waals surface area contributed by atoms with Crippen molar-refractivity contribution in [2.24, 2.45) is 27.5 Å². The Morgan fingerprint density at radius 2 is 1.87 bits per heavy atom. The lowest BCUT2D eigenvalue weighted by Crippen LogP contribution is -2.30. The van der Waals surface area contributed by atoms with Crippen LogP contribution in [0.1, 0.15) is 12.8 Å². The van der Waals surface area contributed by atoms with Gasteiger partial charge < -0.3 is 27.5 Å². The van der Waals surface area contributed by atoms with Gasteiger partial charge >= 0.3 is 5.97 Å². The lowest BCUT2D eigenvalue weighted by atomic mass is 10.2. The highest BCUT2D eigenvalue weighted by molar-refractivity contribution is 5.75. The molecule has 0 aromatic heterocycles. The maximum Gasteiger partial charge on any atom is 0.320 e. The van der Waals surface area contributed by atoms with Crippen molar-refractivity contribution in [3.8, 4) is 0 Å². The minimum Gasteiger partial charge on any atom is -0.480 e. The number of hydrogen-bond donors (Lipinski definition) is 5. The van der Waals surface area contributed by atoms with E-state index in [0.717, 1.165) is 0 Å². The Kier molecular flexibility index (Phi) is 10.6. The van der Waals surface area contributed by atoms with Crippen LogP contribution in [0.25, 0.3) is 0 Å². The van der Waals surface area contributed by atoms with E-state index in [-0.39, 0.29) is 5.96 Å². The number of rotatable bonds is 5. The van der Waals surface area contributed by atoms with Gasteiger partial charge in [0.2, 0.25) is 0 Å². The second-order valence-electron chi connectivity index (χ2n) is 2.48. The fraction of sp³-hybridized carbons (Fsp3) is 0.667. The molecule has 0 aromatic carbocycles. The summed E-state index contributed by atoms with van der Waals surface area (Å²) < 4.78 is 0. The van der Waals surface area contributed by atoms with E-state index in [4.69, 9.17) is 32.4 Å². The van der Waals surface area contributed by atoms with Gasteiger partial charge in [-0.15, -0.1) is 4.91 Å². The number of nitrogens with two attached hydrogens (primary N) is 3. The van der Waals surface area contributed by atoms with E-state index in [1.807, 2.05) is 0 Å². The summed E-state index contributed by atoms with van der Waals surface area (Å²) in [6.07, 6.45) is 0.956. The number of carboxylic acid groups (broad SMARTS) is 1. The van der Waals surface area contributed by atoms with Crippen molar-refractivity contribution >= 4 is 11.9 Å². The zero-order valence-electron chi connectivity index (χ0n) is 8.04. The average Bonchev–Trinajstić information content (AvgIpc) is 2.12. The number of aliphatic carboxylic acids is 1.